The van der Waals surface area contributed by atoms with Gasteiger partial charge in [0.25, 0.3) is 5.91 Å². The van der Waals surface area contributed by atoms with E-state index in [1.807, 2.05) is 18.2 Å². The molecule has 116 valence electrons. The van der Waals surface area contributed by atoms with Crippen LogP contribution in [0.5, 0.6) is 5.75 Å². The molecule has 1 aromatic rings. The molecule has 0 radical (unpaired) electrons. The number of rotatable bonds is 5. The van der Waals surface area contributed by atoms with E-state index in [2.05, 4.69) is 0 Å². The number of carbonyl (C=O) groups excluding carboxylic acids is 1. The van der Waals surface area contributed by atoms with Gasteiger partial charge in [-0.3, -0.25) is 4.79 Å². The van der Waals surface area contributed by atoms with Crippen LogP contribution in [0.2, 0.25) is 0 Å². The summed E-state index contributed by atoms with van der Waals surface area (Å²) in [7, 11) is -3.16. The maximum Gasteiger partial charge on any atom is 0.260 e. The summed E-state index contributed by atoms with van der Waals surface area (Å²) in [5.41, 5.74) is 0. The Balaban J connectivity index is 1.81. The van der Waals surface area contributed by atoms with Gasteiger partial charge in [0.15, 0.2) is 6.61 Å². The third-order valence-corrected chi connectivity index (χ3v) is 5.34. The first-order valence-corrected chi connectivity index (χ1v) is 8.57. The zero-order valence-electron chi connectivity index (χ0n) is 12.1. The van der Waals surface area contributed by atoms with Crippen LogP contribution in [0.15, 0.2) is 30.3 Å². The monoisotopic (exact) mass is 312 g/mol. The standard InChI is InChI=1S/C14H20N2O4S/c1-2-21(18,19)16-10-8-15(9-11-16)14(17)12-20-13-6-4-3-5-7-13/h3-7H,2,8-12H2,1H3. The molecule has 0 saturated carbocycles. The Kier molecular flexibility index (Phi) is 5.19. The first kappa shape index (κ1) is 15.8. The van der Waals surface area contributed by atoms with Crippen LogP contribution in [0.3, 0.4) is 0 Å². The van der Waals surface area contributed by atoms with E-state index in [0.717, 1.165) is 0 Å². The van der Waals surface area contributed by atoms with Crippen LogP contribution < -0.4 is 4.74 Å². The number of carbonyl (C=O) groups is 1. The zero-order chi connectivity index (χ0) is 15.3. The minimum atomic E-state index is -3.16. The van der Waals surface area contributed by atoms with E-state index in [1.54, 1.807) is 24.0 Å². The van der Waals surface area contributed by atoms with Crippen molar-refractivity contribution in [2.75, 3.05) is 38.5 Å². The molecule has 1 saturated heterocycles. The first-order valence-electron chi connectivity index (χ1n) is 6.96. The van der Waals surface area contributed by atoms with Gasteiger partial charge < -0.3 is 9.64 Å². The summed E-state index contributed by atoms with van der Waals surface area (Å²) in [5.74, 6) is 0.628. The molecule has 0 bridgehead atoms. The second-order valence-corrected chi connectivity index (χ2v) is 7.04. The summed E-state index contributed by atoms with van der Waals surface area (Å²) in [6.07, 6.45) is 0. The summed E-state index contributed by atoms with van der Waals surface area (Å²) < 4.78 is 30.3. The van der Waals surface area contributed by atoms with Gasteiger partial charge in [0.2, 0.25) is 10.0 Å². The van der Waals surface area contributed by atoms with Gasteiger partial charge >= 0.3 is 0 Å². The predicted molar refractivity (Wildman–Crippen MR) is 79.6 cm³/mol. The van der Waals surface area contributed by atoms with Crippen molar-refractivity contribution in [1.29, 1.82) is 0 Å². The Morgan fingerprint density at radius 3 is 2.33 bits per heavy atom. The molecule has 0 N–H and O–H groups in total. The average Bonchev–Trinajstić information content (AvgIpc) is 2.53. The van der Waals surface area contributed by atoms with Crippen molar-refractivity contribution in [3.8, 4) is 5.75 Å². The fourth-order valence-electron chi connectivity index (χ4n) is 2.15. The Labute approximate surface area is 125 Å². The number of sulfonamides is 1. The second kappa shape index (κ2) is 6.91. The lowest BCUT2D eigenvalue weighted by molar-refractivity contribution is -0.134. The third-order valence-electron chi connectivity index (χ3n) is 3.46. The minimum Gasteiger partial charge on any atom is -0.484 e. The summed E-state index contributed by atoms with van der Waals surface area (Å²) in [5, 5.41) is 0. The molecule has 21 heavy (non-hydrogen) atoms. The normalized spacial score (nSPS) is 16.7. The quantitative estimate of drug-likeness (QED) is 0.797. The van der Waals surface area contributed by atoms with Crippen molar-refractivity contribution in [3.63, 3.8) is 0 Å². The van der Waals surface area contributed by atoms with E-state index in [1.165, 1.54) is 4.31 Å². The largest absolute Gasteiger partial charge is 0.484 e. The van der Waals surface area contributed by atoms with Crippen molar-refractivity contribution < 1.29 is 17.9 Å². The highest BCUT2D eigenvalue weighted by Gasteiger charge is 2.27. The lowest BCUT2D eigenvalue weighted by Crippen LogP contribution is -2.51. The molecular weight excluding hydrogens is 292 g/mol. The van der Waals surface area contributed by atoms with Gasteiger partial charge in [-0.1, -0.05) is 18.2 Å². The smallest absolute Gasteiger partial charge is 0.260 e. The van der Waals surface area contributed by atoms with Gasteiger partial charge in [0.05, 0.1) is 5.75 Å². The van der Waals surface area contributed by atoms with Crippen molar-refractivity contribution >= 4 is 15.9 Å². The van der Waals surface area contributed by atoms with E-state index in [-0.39, 0.29) is 18.3 Å². The van der Waals surface area contributed by atoms with Gasteiger partial charge in [-0.25, -0.2) is 8.42 Å². The minimum absolute atomic E-state index is 0.0233. The van der Waals surface area contributed by atoms with Crippen LogP contribution in [0.1, 0.15) is 6.92 Å². The molecule has 1 aliphatic rings. The van der Waals surface area contributed by atoms with Crippen LogP contribution in [-0.2, 0) is 14.8 Å². The molecule has 1 fully saturated rings. The molecule has 1 aromatic carbocycles. The van der Waals surface area contributed by atoms with E-state index in [9.17, 15) is 13.2 Å². The highest BCUT2D eigenvalue weighted by atomic mass is 32.2. The number of ether oxygens (including phenoxy) is 1. The van der Waals surface area contributed by atoms with E-state index in [0.29, 0.717) is 31.9 Å². The van der Waals surface area contributed by atoms with Gasteiger partial charge in [0.1, 0.15) is 5.75 Å². The average molecular weight is 312 g/mol. The number of piperazine rings is 1. The van der Waals surface area contributed by atoms with Gasteiger partial charge in [-0.05, 0) is 19.1 Å². The molecule has 0 unspecified atom stereocenters. The Morgan fingerprint density at radius 2 is 1.76 bits per heavy atom. The molecule has 0 aromatic heterocycles. The Hall–Kier alpha value is -1.60. The summed E-state index contributed by atoms with van der Waals surface area (Å²) in [6, 6.07) is 9.14. The fourth-order valence-corrected chi connectivity index (χ4v) is 3.24. The zero-order valence-corrected chi connectivity index (χ0v) is 12.9. The Morgan fingerprint density at radius 1 is 1.14 bits per heavy atom. The van der Waals surface area contributed by atoms with Crippen molar-refractivity contribution in [2.45, 2.75) is 6.92 Å². The number of hydrogen-bond acceptors (Lipinski definition) is 4. The highest BCUT2D eigenvalue weighted by molar-refractivity contribution is 7.89. The lowest BCUT2D eigenvalue weighted by Gasteiger charge is -2.33. The molecule has 1 aliphatic heterocycles. The second-order valence-electron chi connectivity index (χ2n) is 4.78. The number of nitrogens with zero attached hydrogens (tertiary/aromatic N) is 2. The molecule has 7 heteroatoms. The number of hydrogen-bond donors (Lipinski definition) is 0. The van der Waals surface area contributed by atoms with Crippen molar-refractivity contribution in [1.82, 2.24) is 9.21 Å². The van der Waals surface area contributed by atoms with E-state index < -0.39 is 10.0 Å². The summed E-state index contributed by atoms with van der Waals surface area (Å²) in [4.78, 5) is 13.7. The maximum atomic E-state index is 12.0. The van der Waals surface area contributed by atoms with E-state index >= 15 is 0 Å². The first-order chi connectivity index (χ1) is 10.0. The van der Waals surface area contributed by atoms with E-state index in [4.69, 9.17) is 4.74 Å². The molecule has 1 amide bonds. The molecule has 0 spiro atoms. The van der Waals surface area contributed by atoms with Crippen molar-refractivity contribution in [2.24, 2.45) is 0 Å². The summed E-state index contributed by atoms with van der Waals surface area (Å²) in [6.45, 7) is 3.14. The van der Waals surface area contributed by atoms with Crippen LogP contribution in [0.4, 0.5) is 0 Å². The third kappa shape index (κ3) is 4.18. The number of para-hydroxylation sites is 1. The molecule has 6 nitrogen and oxygen atoms in total. The number of amides is 1. The van der Waals surface area contributed by atoms with Crippen molar-refractivity contribution in [3.05, 3.63) is 30.3 Å². The molecule has 0 aliphatic carbocycles. The lowest BCUT2D eigenvalue weighted by atomic mass is 10.3. The van der Waals surface area contributed by atoms with Gasteiger partial charge in [-0.15, -0.1) is 0 Å². The highest BCUT2D eigenvalue weighted by Crippen LogP contribution is 2.10. The van der Waals surface area contributed by atoms with Crippen LogP contribution >= 0.6 is 0 Å². The summed E-state index contributed by atoms with van der Waals surface area (Å²) >= 11 is 0. The SMILES string of the molecule is CCS(=O)(=O)N1CCN(C(=O)COc2ccccc2)CC1. The van der Waals surface area contributed by atoms with Crippen LogP contribution in [0.25, 0.3) is 0 Å². The Bertz CT molecular complexity index is 566. The van der Waals surface area contributed by atoms with Crippen LogP contribution in [-0.4, -0.2) is 62.1 Å². The van der Waals surface area contributed by atoms with Gasteiger partial charge in [-0.2, -0.15) is 4.31 Å². The predicted octanol–water partition coefficient (Wildman–Crippen LogP) is 0.559. The fraction of sp³-hybridized carbons (Fsp3) is 0.500. The molecule has 1 heterocycles. The number of benzene rings is 1. The van der Waals surface area contributed by atoms with Crippen LogP contribution in [0, 0.1) is 0 Å². The van der Waals surface area contributed by atoms with Gasteiger partial charge in [0, 0.05) is 26.2 Å². The maximum absolute atomic E-state index is 12.0. The molecule has 2 rings (SSSR count). The molecular formula is C14H20N2O4S. The topological polar surface area (TPSA) is 66.9 Å². The molecule has 0 atom stereocenters.